The molecule has 2 N–H and O–H groups in total. The van der Waals surface area contributed by atoms with E-state index in [9.17, 15) is 4.79 Å². The van der Waals surface area contributed by atoms with E-state index >= 15 is 0 Å². The maximum atomic E-state index is 11.9. The number of rotatable bonds is 8. The number of hydrogen-bond acceptors (Lipinski definition) is 4. The van der Waals surface area contributed by atoms with Crippen LogP contribution in [0.1, 0.15) is 12.0 Å². The summed E-state index contributed by atoms with van der Waals surface area (Å²) in [5, 5.41) is 6.10. The highest BCUT2D eigenvalue weighted by molar-refractivity contribution is 5.76. The van der Waals surface area contributed by atoms with Crippen LogP contribution in [0.25, 0.3) is 0 Å². The van der Waals surface area contributed by atoms with E-state index in [1.807, 2.05) is 48.5 Å². The molecule has 23 heavy (non-hydrogen) atoms. The van der Waals surface area contributed by atoms with Gasteiger partial charge in [0.1, 0.15) is 11.5 Å². The number of carbonyl (C=O) groups excluding carboxylic acids is 1. The summed E-state index contributed by atoms with van der Waals surface area (Å²) in [5.74, 6) is 1.56. The smallest absolute Gasteiger partial charge is 0.222 e. The van der Waals surface area contributed by atoms with E-state index in [-0.39, 0.29) is 5.91 Å². The predicted octanol–water partition coefficient (Wildman–Crippen LogP) is 2.82. The highest BCUT2D eigenvalue weighted by atomic mass is 16.5. The monoisotopic (exact) mass is 314 g/mol. The van der Waals surface area contributed by atoms with Gasteiger partial charge in [-0.15, -0.1) is 0 Å². The Labute approximate surface area is 136 Å². The summed E-state index contributed by atoms with van der Waals surface area (Å²) in [4.78, 5) is 11.9. The molecule has 0 spiro atoms. The maximum Gasteiger partial charge on any atom is 0.222 e. The normalized spacial score (nSPS) is 10.0. The molecule has 0 bridgehead atoms. The number of amides is 1. The Morgan fingerprint density at radius 1 is 1.04 bits per heavy atom. The predicted molar refractivity (Wildman–Crippen MR) is 90.9 cm³/mol. The van der Waals surface area contributed by atoms with Gasteiger partial charge in [-0.1, -0.05) is 24.3 Å². The van der Waals surface area contributed by atoms with Crippen molar-refractivity contribution in [1.82, 2.24) is 5.32 Å². The molecule has 0 aromatic heterocycles. The summed E-state index contributed by atoms with van der Waals surface area (Å²) in [6, 6.07) is 15.3. The Kier molecular flexibility index (Phi) is 6.29. The lowest BCUT2D eigenvalue weighted by molar-refractivity contribution is -0.121. The highest BCUT2D eigenvalue weighted by Crippen LogP contribution is 2.17. The molecule has 2 aromatic carbocycles. The number of carbonyl (C=O) groups is 1. The number of anilines is 1. The summed E-state index contributed by atoms with van der Waals surface area (Å²) in [7, 11) is 3.25. The zero-order valence-electron chi connectivity index (χ0n) is 13.5. The first kappa shape index (κ1) is 16.7. The third kappa shape index (κ3) is 5.21. The van der Waals surface area contributed by atoms with E-state index in [0.717, 1.165) is 22.7 Å². The molecule has 0 aliphatic rings. The molecule has 0 unspecified atom stereocenters. The van der Waals surface area contributed by atoms with Crippen LogP contribution in [0.4, 0.5) is 5.69 Å². The van der Waals surface area contributed by atoms with Gasteiger partial charge in [-0.2, -0.15) is 0 Å². The number of para-hydroxylation sites is 1. The molecular weight excluding hydrogens is 292 g/mol. The van der Waals surface area contributed by atoms with Gasteiger partial charge >= 0.3 is 0 Å². The Morgan fingerprint density at radius 2 is 1.87 bits per heavy atom. The van der Waals surface area contributed by atoms with Gasteiger partial charge < -0.3 is 20.1 Å². The molecule has 0 radical (unpaired) electrons. The van der Waals surface area contributed by atoms with Gasteiger partial charge in [0.25, 0.3) is 0 Å². The van der Waals surface area contributed by atoms with Crippen molar-refractivity contribution in [1.29, 1.82) is 0 Å². The molecule has 1 amide bonds. The maximum absolute atomic E-state index is 11.9. The molecule has 2 aromatic rings. The van der Waals surface area contributed by atoms with Crippen LogP contribution in [0.5, 0.6) is 11.5 Å². The van der Waals surface area contributed by atoms with Crippen molar-refractivity contribution in [2.24, 2.45) is 0 Å². The minimum Gasteiger partial charge on any atom is -0.497 e. The minimum atomic E-state index is -0.00805. The van der Waals surface area contributed by atoms with E-state index in [0.29, 0.717) is 19.5 Å². The molecule has 0 saturated carbocycles. The van der Waals surface area contributed by atoms with Crippen LogP contribution in [0.2, 0.25) is 0 Å². The SMILES string of the molecule is COc1cccc(NCCC(=O)NCc2ccccc2OC)c1. The van der Waals surface area contributed by atoms with Crippen molar-refractivity contribution in [3.63, 3.8) is 0 Å². The first-order chi connectivity index (χ1) is 11.2. The zero-order valence-corrected chi connectivity index (χ0v) is 13.5. The molecule has 2 rings (SSSR count). The molecule has 5 nitrogen and oxygen atoms in total. The molecular formula is C18H22N2O3. The summed E-state index contributed by atoms with van der Waals surface area (Å²) in [6.45, 7) is 1.02. The lowest BCUT2D eigenvalue weighted by Crippen LogP contribution is -2.25. The van der Waals surface area contributed by atoms with E-state index < -0.39 is 0 Å². The standard InChI is InChI=1S/C18H22N2O3/c1-22-16-8-5-7-15(12-16)19-11-10-18(21)20-13-14-6-3-4-9-17(14)23-2/h3-9,12,19H,10-11,13H2,1-2H3,(H,20,21). The topological polar surface area (TPSA) is 59.6 Å². The average molecular weight is 314 g/mol. The Morgan fingerprint density at radius 3 is 2.65 bits per heavy atom. The average Bonchev–Trinajstić information content (AvgIpc) is 2.60. The fourth-order valence-electron chi connectivity index (χ4n) is 2.18. The first-order valence-electron chi connectivity index (χ1n) is 7.49. The van der Waals surface area contributed by atoms with Crippen LogP contribution < -0.4 is 20.1 Å². The summed E-state index contributed by atoms with van der Waals surface area (Å²) < 4.78 is 10.4. The number of ether oxygens (including phenoxy) is 2. The van der Waals surface area contributed by atoms with Gasteiger partial charge in [-0.3, -0.25) is 4.79 Å². The second-order valence-electron chi connectivity index (χ2n) is 5.00. The quantitative estimate of drug-likeness (QED) is 0.786. The van der Waals surface area contributed by atoms with Crippen LogP contribution in [-0.2, 0) is 11.3 Å². The summed E-state index contributed by atoms with van der Waals surface area (Å²) in [6.07, 6.45) is 0.395. The molecule has 0 aliphatic carbocycles. The molecule has 0 heterocycles. The largest absolute Gasteiger partial charge is 0.497 e. The second-order valence-corrected chi connectivity index (χ2v) is 5.00. The Balaban J connectivity index is 1.74. The number of nitrogens with one attached hydrogen (secondary N) is 2. The first-order valence-corrected chi connectivity index (χ1v) is 7.49. The molecule has 0 aliphatic heterocycles. The van der Waals surface area contributed by atoms with Gasteiger partial charge in [0.05, 0.1) is 14.2 Å². The second kappa shape index (κ2) is 8.68. The Hall–Kier alpha value is -2.69. The molecule has 0 fully saturated rings. The van der Waals surface area contributed by atoms with Crippen molar-refractivity contribution in [3.8, 4) is 11.5 Å². The van der Waals surface area contributed by atoms with Crippen LogP contribution in [0.3, 0.4) is 0 Å². The fourth-order valence-corrected chi connectivity index (χ4v) is 2.18. The van der Waals surface area contributed by atoms with E-state index in [2.05, 4.69) is 10.6 Å². The van der Waals surface area contributed by atoms with Crippen molar-refractivity contribution >= 4 is 11.6 Å². The van der Waals surface area contributed by atoms with Gasteiger partial charge in [0.15, 0.2) is 0 Å². The van der Waals surface area contributed by atoms with Crippen molar-refractivity contribution in [3.05, 3.63) is 54.1 Å². The fraction of sp³-hybridized carbons (Fsp3) is 0.278. The lowest BCUT2D eigenvalue weighted by Gasteiger charge is -2.10. The summed E-state index contributed by atoms with van der Waals surface area (Å²) >= 11 is 0. The molecule has 0 atom stereocenters. The third-order valence-electron chi connectivity index (χ3n) is 3.42. The molecule has 5 heteroatoms. The van der Waals surface area contributed by atoms with Crippen molar-refractivity contribution < 1.29 is 14.3 Å². The van der Waals surface area contributed by atoms with E-state index in [1.54, 1.807) is 14.2 Å². The highest BCUT2D eigenvalue weighted by Gasteiger charge is 2.05. The number of methoxy groups -OCH3 is 2. The zero-order chi connectivity index (χ0) is 16.5. The van der Waals surface area contributed by atoms with Crippen molar-refractivity contribution in [2.75, 3.05) is 26.1 Å². The van der Waals surface area contributed by atoms with Gasteiger partial charge in [-0.05, 0) is 18.2 Å². The van der Waals surface area contributed by atoms with Crippen molar-refractivity contribution in [2.45, 2.75) is 13.0 Å². The van der Waals surface area contributed by atoms with Gasteiger partial charge in [0, 0.05) is 36.8 Å². The van der Waals surface area contributed by atoms with Crippen LogP contribution in [0, 0.1) is 0 Å². The van der Waals surface area contributed by atoms with Gasteiger partial charge in [0.2, 0.25) is 5.91 Å². The lowest BCUT2D eigenvalue weighted by atomic mass is 10.2. The van der Waals surface area contributed by atoms with Crippen LogP contribution in [-0.4, -0.2) is 26.7 Å². The van der Waals surface area contributed by atoms with E-state index in [1.165, 1.54) is 0 Å². The minimum absolute atomic E-state index is 0.00805. The third-order valence-corrected chi connectivity index (χ3v) is 3.42. The number of hydrogen-bond donors (Lipinski definition) is 2. The molecule has 122 valence electrons. The summed E-state index contributed by atoms with van der Waals surface area (Å²) in [5.41, 5.74) is 1.89. The molecule has 0 saturated heterocycles. The van der Waals surface area contributed by atoms with Gasteiger partial charge in [-0.25, -0.2) is 0 Å². The Bertz CT molecular complexity index is 644. The van der Waals surface area contributed by atoms with E-state index in [4.69, 9.17) is 9.47 Å². The van der Waals surface area contributed by atoms with Crippen LogP contribution >= 0.6 is 0 Å². The number of benzene rings is 2. The van der Waals surface area contributed by atoms with Crippen LogP contribution in [0.15, 0.2) is 48.5 Å².